The molecular weight excluding hydrogens is 334 g/mol. The van der Waals surface area contributed by atoms with E-state index in [4.69, 9.17) is 9.26 Å². The highest BCUT2D eigenvalue weighted by molar-refractivity contribution is 5.92. The van der Waals surface area contributed by atoms with Gasteiger partial charge in [-0.05, 0) is 38.0 Å². The lowest BCUT2D eigenvalue weighted by Crippen LogP contribution is -2.15. The molecule has 7 nitrogen and oxygen atoms in total. The van der Waals surface area contributed by atoms with Gasteiger partial charge in [0.25, 0.3) is 5.56 Å². The molecular formula is C19H21N3O4. The van der Waals surface area contributed by atoms with Crippen LogP contribution in [-0.2, 0) is 11.4 Å². The van der Waals surface area contributed by atoms with Crippen LogP contribution in [0.25, 0.3) is 5.65 Å². The molecule has 26 heavy (non-hydrogen) atoms. The van der Waals surface area contributed by atoms with Gasteiger partial charge in [-0.25, -0.2) is 4.98 Å². The second-order valence-corrected chi connectivity index (χ2v) is 6.17. The van der Waals surface area contributed by atoms with Crippen molar-refractivity contribution < 1.29 is 14.1 Å². The maximum absolute atomic E-state index is 12.1. The highest BCUT2D eigenvalue weighted by atomic mass is 16.5. The smallest absolute Gasteiger partial charge is 0.287 e. The van der Waals surface area contributed by atoms with Gasteiger partial charge in [-0.15, -0.1) is 4.57 Å². The predicted octanol–water partition coefficient (Wildman–Crippen LogP) is 3.22. The molecule has 0 atom stereocenters. The molecule has 1 N–H and O–H groups in total. The molecule has 0 bridgehead atoms. The highest BCUT2D eigenvalue weighted by Gasteiger charge is 2.11. The van der Waals surface area contributed by atoms with Crippen LogP contribution in [0.5, 0.6) is 5.75 Å². The molecule has 136 valence electrons. The van der Waals surface area contributed by atoms with Crippen LogP contribution in [0.3, 0.4) is 0 Å². The van der Waals surface area contributed by atoms with Crippen LogP contribution in [0.2, 0.25) is 0 Å². The molecule has 0 spiro atoms. The average molecular weight is 355 g/mol. The number of ether oxygens (including phenoxy) is 1. The van der Waals surface area contributed by atoms with Gasteiger partial charge in [0, 0.05) is 18.6 Å². The molecule has 0 saturated carbocycles. The predicted molar refractivity (Wildman–Crippen MR) is 97.5 cm³/mol. The molecule has 1 amide bonds. The van der Waals surface area contributed by atoms with Crippen LogP contribution >= 0.6 is 0 Å². The van der Waals surface area contributed by atoms with Crippen LogP contribution in [0, 0.1) is 13.8 Å². The van der Waals surface area contributed by atoms with Crippen molar-refractivity contribution in [2.45, 2.75) is 40.2 Å². The number of hydrogen-bond acceptors (Lipinski definition) is 5. The standard InChI is InChI=1S/C19H21N3O4/c1-4-5-18(23)21-15-7-6-12(2)8-16(15)25-11-14-10-19(24)22-17(20-14)9-13(3)26-22/h6-10H,4-5,11H2,1-3H3,(H,21,23). The SMILES string of the molecule is CCCC(=O)Nc1ccc(C)cc1OCc1cc(=O)n2oc(C)cc2n1. The number of hydrogen-bond donors (Lipinski definition) is 1. The summed E-state index contributed by atoms with van der Waals surface area (Å²) in [6.07, 6.45) is 1.22. The van der Waals surface area contributed by atoms with Crippen molar-refractivity contribution in [3.05, 3.63) is 57.7 Å². The number of aryl methyl sites for hydroxylation is 2. The number of anilines is 1. The Bertz CT molecular complexity index is 1000. The Kier molecular flexibility index (Phi) is 5.06. The van der Waals surface area contributed by atoms with Gasteiger partial charge in [0.05, 0.1) is 11.4 Å². The highest BCUT2D eigenvalue weighted by Crippen LogP contribution is 2.26. The second kappa shape index (κ2) is 7.43. The second-order valence-electron chi connectivity index (χ2n) is 6.17. The Morgan fingerprint density at radius 3 is 2.85 bits per heavy atom. The van der Waals surface area contributed by atoms with Crippen LogP contribution in [0.15, 0.2) is 39.6 Å². The third kappa shape index (κ3) is 3.93. The molecule has 2 heterocycles. The lowest BCUT2D eigenvalue weighted by Gasteiger charge is -2.13. The van der Waals surface area contributed by atoms with Gasteiger partial charge >= 0.3 is 0 Å². The quantitative estimate of drug-likeness (QED) is 0.734. The number of carbonyl (C=O) groups is 1. The van der Waals surface area contributed by atoms with E-state index in [9.17, 15) is 9.59 Å². The van der Waals surface area contributed by atoms with E-state index in [1.54, 1.807) is 13.0 Å². The van der Waals surface area contributed by atoms with Crippen molar-refractivity contribution in [2.24, 2.45) is 0 Å². The Hall–Kier alpha value is -3.09. The van der Waals surface area contributed by atoms with Crippen molar-refractivity contribution in [1.29, 1.82) is 0 Å². The summed E-state index contributed by atoms with van der Waals surface area (Å²) in [5.74, 6) is 1.08. The summed E-state index contributed by atoms with van der Waals surface area (Å²) in [5, 5.41) is 2.85. The minimum absolute atomic E-state index is 0.0622. The summed E-state index contributed by atoms with van der Waals surface area (Å²) in [4.78, 5) is 28.3. The molecule has 0 radical (unpaired) electrons. The minimum atomic E-state index is -0.303. The molecule has 7 heteroatoms. The fourth-order valence-corrected chi connectivity index (χ4v) is 2.59. The number of amides is 1. The number of fused-ring (bicyclic) bond motifs is 1. The summed E-state index contributed by atoms with van der Waals surface area (Å²) in [6, 6.07) is 8.62. The maximum Gasteiger partial charge on any atom is 0.287 e. The zero-order chi connectivity index (χ0) is 18.7. The zero-order valence-corrected chi connectivity index (χ0v) is 15.0. The molecule has 3 aromatic rings. The fraction of sp³-hybridized carbons (Fsp3) is 0.316. The van der Waals surface area contributed by atoms with Crippen LogP contribution < -0.4 is 15.6 Å². The molecule has 2 aromatic heterocycles. The lowest BCUT2D eigenvalue weighted by molar-refractivity contribution is -0.116. The van der Waals surface area contributed by atoms with Crippen LogP contribution in [0.1, 0.15) is 36.8 Å². The fourth-order valence-electron chi connectivity index (χ4n) is 2.59. The normalized spacial score (nSPS) is 10.9. The van der Waals surface area contributed by atoms with E-state index in [-0.39, 0.29) is 18.1 Å². The largest absolute Gasteiger partial charge is 0.485 e. The number of benzene rings is 1. The first-order valence-corrected chi connectivity index (χ1v) is 8.49. The number of nitrogens with zero attached hydrogens (tertiary/aromatic N) is 2. The van der Waals surface area contributed by atoms with Crippen molar-refractivity contribution in [3.8, 4) is 5.75 Å². The minimum Gasteiger partial charge on any atom is -0.485 e. The van der Waals surface area contributed by atoms with Crippen molar-refractivity contribution in [2.75, 3.05) is 5.32 Å². The first-order valence-electron chi connectivity index (χ1n) is 8.49. The molecule has 0 unspecified atom stereocenters. The first-order chi connectivity index (χ1) is 12.5. The lowest BCUT2D eigenvalue weighted by atomic mass is 10.2. The van der Waals surface area contributed by atoms with E-state index in [2.05, 4.69) is 10.3 Å². The summed E-state index contributed by atoms with van der Waals surface area (Å²) in [7, 11) is 0. The van der Waals surface area contributed by atoms with Gasteiger partial charge in [-0.3, -0.25) is 9.59 Å². The van der Waals surface area contributed by atoms with E-state index < -0.39 is 0 Å². The molecule has 0 fully saturated rings. The van der Waals surface area contributed by atoms with E-state index >= 15 is 0 Å². The molecule has 0 aliphatic rings. The van der Waals surface area contributed by atoms with Gasteiger partial charge in [-0.1, -0.05) is 13.0 Å². The van der Waals surface area contributed by atoms with Gasteiger partial charge in [0.15, 0.2) is 5.65 Å². The van der Waals surface area contributed by atoms with E-state index in [1.807, 2.05) is 32.0 Å². The Morgan fingerprint density at radius 1 is 1.27 bits per heavy atom. The molecule has 1 aromatic carbocycles. The number of aromatic nitrogens is 2. The van der Waals surface area contributed by atoms with Gasteiger partial charge in [-0.2, -0.15) is 0 Å². The Labute approximate surface area is 150 Å². The zero-order valence-electron chi connectivity index (χ0n) is 15.0. The maximum atomic E-state index is 12.1. The number of rotatable bonds is 6. The van der Waals surface area contributed by atoms with Crippen molar-refractivity contribution >= 4 is 17.2 Å². The van der Waals surface area contributed by atoms with Gasteiger partial charge in [0.1, 0.15) is 18.1 Å². The topological polar surface area (TPSA) is 85.8 Å². The Balaban J connectivity index is 1.82. The van der Waals surface area contributed by atoms with Crippen molar-refractivity contribution in [1.82, 2.24) is 9.56 Å². The van der Waals surface area contributed by atoms with E-state index in [0.29, 0.717) is 35.0 Å². The van der Waals surface area contributed by atoms with Crippen LogP contribution in [-0.4, -0.2) is 15.5 Å². The molecule has 3 rings (SSSR count). The summed E-state index contributed by atoms with van der Waals surface area (Å²) < 4.78 is 12.2. The third-order valence-electron chi connectivity index (χ3n) is 3.79. The summed E-state index contributed by atoms with van der Waals surface area (Å²) in [5.41, 5.74) is 2.23. The van der Waals surface area contributed by atoms with Crippen molar-refractivity contribution in [3.63, 3.8) is 0 Å². The van der Waals surface area contributed by atoms with Gasteiger partial charge in [0.2, 0.25) is 5.91 Å². The number of nitrogens with one attached hydrogen (secondary N) is 1. The van der Waals surface area contributed by atoms with Gasteiger partial charge < -0.3 is 14.6 Å². The van der Waals surface area contributed by atoms with E-state index in [0.717, 1.165) is 16.6 Å². The average Bonchev–Trinajstić information content (AvgIpc) is 2.96. The van der Waals surface area contributed by atoms with Crippen LogP contribution in [0.4, 0.5) is 5.69 Å². The molecule has 0 aliphatic carbocycles. The Morgan fingerprint density at radius 2 is 2.08 bits per heavy atom. The monoisotopic (exact) mass is 355 g/mol. The first kappa shape index (κ1) is 17.7. The third-order valence-corrected chi connectivity index (χ3v) is 3.79. The van der Waals surface area contributed by atoms with E-state index in [1.165, 1.54) is 6.07 Å². The molecule has 0 saturated heterocycles. The molecule has 0 aliphatic heterocycles. The summed E-state index contributed by atoms with van der Waals surface area (Å²) >= 11 is 0. The summed E-state index contributed by atoms with van der Waals surface area (Å²) in [6.45, 7) is 5.75. The number of carbonyl (C=O) groups excluding carboxylic acids is 1.